The fraction of sp³-hybridized carbons (Fsp3) is 0.684. The van der Waals surface area contributed by atoms with Gasteiger partial charge >= 0.3 is 35.8 Å². The first-order valence-corrected chi connectivity index (χ1v) is 41.8. The highest BCUT2D eigenvalue weighted by Gasteiger charge is 2.45. The Hall–Kier alpha value is -6.34. The second-order valence-electron chi connectivity index (χ2n) is 36.4. The Kier molecular flexibility index (Phi) is 32.3. The van der Waals surface area contributed by atoms with E-state index in [1.807, 2.05) is 38.2 Å². The first kappa shape index (κ1) is 88.9. The molecule has 0 aromatic heterocycles. The lowest BCUT2D eigenvalue weighted by molar-refractivity contribution is -0.136. The topological polar surface area (TPSA) is 222 Å². The zero-order valence-electron chi connectivity index (χ0n) is 70.8. The van der Waals surface area contributed by atoms with Gasteiger partial charge in [0, 0.05) is 39.4 Å². The SMILES string of the molecule is CC1=C2C(C(C)CC[C@H]2/C=C(\C)C(=O)O)C(C)C1.CC1=C2C(C(C)CC[C@H]2/C=C(\C)C(=O)O)C(O)C1.CC1=C2C(C(C)CC[C@H]2/C=C(\C)C(=O)O)[C@@H](C)C1.CC1=C2C(CC1)C(C)CC[C@H]2/C=C(\C)C(=O)O.COC(=O)/C(C)=C/[C@@H]1CCC(C)C2C1=C(C)CC2C.COC(=O)/C(C)=C/[C@@H]1CCC(C)C2CCC(C)=C21. The minimum atomic E-state index is -0.845. The summed E-state index contributed by atoms with van der Waals surface area (Å²) in [7, 11) is 2.90. The lowest BCUT2D eigenvalue weighted by Crippen LogP contribution is -2.30. The number of hydrogen-bond donors (Lipinski definition) is 5. The average molecular weight is 1490 g/mol. The number of methoxy groups -OCH3 is 2. The minimum Gasteiger partial charge on any atom is -0.478 e. The molecule has 0 aromatic rings. The van der Waals surface area contributed by atoms with Crippen LogP contribution in [0.2, 0.25) is 0 Å². The van der Waals surface area contributed by atoms with Crippen molar-refractivity contribution in [2.45, 2.75) is 280 Å². The summed E-state index contributed by atoms with van der Waals surface area (Å²) in [4.78, 5) is 66.9. The highest BCUT2D eigenvalue weighted by atomic mass is 16.5. The quantitative estimate of drug-likeness (QED) is 0.0698. The van der Waals surface area contributed by atoms with Crippen LogP contribution in [-0.2, 0) is 38.2 Å². The van der Waals surface area contributed by atoms with Crippen molar-refractivity contribution in [2.75, 3.05) is 14.2 Å². The van der Waals surface area contributed by atoms with Crippen LogP contribution in [0.4, 0.5) is 0 Å². The van der Waals surface area contributed by atoms with Crippen LogP contribution < -0.4 is 0 Å². The molecule has 0 aliphatic heterocycles. The van der Waals surface area contributed by atoms with E-state index in [4.69, 9.17) is 29.9 Å². The Morgan fingerprint density at radius 3 is 0.769 bits per heavy atom. The van der Waals surface area contributed by atoms with Crippen LogP contribution in [0.5, 0.6) is 0 Å². The molecule has 12 rings (SSSR count). The van der Waals surface area contributed by atoms with E-state index in [0.29, 0.717) is 75.6 Å². The molecule has 108 heavy (non-hydrogen) atoms. The van der Waals surface area contributed by atoms with E-state index in [1.54, 1.807) is 66.7 Å². The molecule has 13 heteroatoms. The van der Waals surface area contributed by atoms with E-state index in [9.17, 15) is 33.9 Å². The van der Waals surface area contributed by atoms with E-state index >= 15 is 0 Å². The van der Waals surface area contributed by atoms with Crippen LogP contribution in [0.3, 0.4) is 0 Å². The van der Waals surface area contributed by atoms with Gasteiger partial charge in [0.25, 0.3) is 0 Å². The van der Waals surface area contributed by atoms with Crippen molar-refractivity contribution < 1.29 is 63.8 Å². The van der Waals surface area contributed by atoms with Gasteiger partial charge in [-0.05, 0) is 330 Å². The highest BCUT2D eigenvalue weighted by molar-refractivity contribution is 5.89. The molecular weight excluding hydrogens is 1350 g/mol. The van der Waals surface area contributed by atoms with E-state index in [0.717, 1.165) is 109 Å². The number of ether oxygens (including phenoxy) is 2. The maximum absolute atomic E-state index is 11.6. The normalized spacial score (nSPS) is 35.3. The molecule has 22 atom stereocenters. The number of carboxylic acids is 4. The molecule has 0 bridgehead atoms. The molecule has 600 valence electrons. The Morgan fingerprint density at radius 2 is 0.509 bits per heavy atom. The third-order valence-corrected chi connectivity index (χ3v) is 28.4. The van der Waals surface area contributed by atoms with Gasteiger partial charge in [-0.25, -0.2) is 28.8 Å². The number of carboxylic acid groups (broad SMARTS) is 4. The van der Waals surface area contributed by atoms with Crippen LogP contribution >= 0.6 is 0 Å². The number of hydrogen-bond acceptors (Lipinski definition) is 9. The van der Waals surface area contributed by atoms with Crippen LogP contribution in [0.15, 0.2) is 137 Å². The van der Waals surface area contributed by atoms with Gasteiger partial charge in [0.1, 0.15) is 0 Å². The van der Waals surface area contributed by atoms with Gasteiger partial charge in [0.05, 0.1) is 20.3 Å². The number of rotatable bonds is 12. The number of aliphatic hydroxyl groups is 1. The largest absolute Gasteiger partial charge is 0.478 e. The van der Waals surface area contributed by atoms with Crippen molar-refractivity contribution in [3.8, 4) is 0 Å². The Bertz CT molecular complexity index is 3520. The molecule has 0 saturated heterocycles. The molecule has 0 amide bonds. The molecule has 5 N–H and O–H groups in total. The first-order chi connectivity index (χ1) is 50.7. The van der Waals surface area contributed by atoms with E-state index in [-0.39, 0.29) is 29.9 Å². The average Bonchev–Trinajstić information content (AvgIpc) is 1.65. The van der Waals surface area contributed by atoms with Crippen molar-refractivity contribution in [1.82, 2.24) is 0 Å². The molecule has 12 aliphatic carbocycles. The molecule has 0 radical (unpaired) electrons. The number of esters is 2. The second-order valence-corrected chi connectivity index (χ2v) is 36.4. The lowest BCUT2D eigenvalue weighted by Gasteiger charge is -2.36. The van der Waals surface area contributed by atoms with Crippen LogP contribution in [0.1, 0.15) is 274 Å². The summed E-state index contributed by atoms with van der Waals surface area (Å²) in [5, 5.41) is 46.2. The van der Waals surface area contributed by atoms with Gasteiger partial charge in [-0.15, -0.1) is 0 Å². The molecule has 0 aromatic carbocycles. The maximum Gasteiger partial charge on any atom is 0.333 e. The Morgan fingerprint density at radius 1 is 0.287 bits per heavy atom. The van der Waals surface area contributed by atoms with Crippen LogP contribution in [-0.4, -0.2) is 81.7 Å². The third kappa shape index (κ3) is 21.2. The Labute approximate surface area is 651 Å². The van der Waals surface area contributed by atoms with Gasteiger partial charge in [-0.3, -0.25) is 0 Å². The molecule has 13 nitrogen and oxygen atoms in total. The molecular formula is C95H142O13. The summed E-state index contributed by atoms with van der Waals surface area (Å²) >= 11 is 0. The summed E-state index contributed by atoms with van der Waals surface area (Å²) < 4.78 is 9.60. The third-order valence-electron chi connectivity index (χ3n) is 28.4. The number of allylic oxidation sites excluding steroid dienone is 16. The van der Waals surface area contributed by atoms with Crippen molar-refractivity contribution >= 4 is 35.8 Å². The first-order valence-electron chi connectivity index (χ1n) is 41.8. The number of fused-ring (bicyclic) bond motifs is 6. The molecule has 12 aliphatic rings. The molecule has 0 spiro atoms. The smallest absolute Gasteiger partial charge is 0.333 e. The monoisotopic (exact) mass is 1490 g/mol. The summed E-state index contributed by atoms with van der Waals surface area (Å²) in [6.07, 6.45) is 35.2. The number of carbonyl (C=O) groups excluding carboxylic acids is 2. The molecule has 15 unspecified atom stereocenters. The number of aliphatic carboxylic acids is 4. The zero-order chi connectivity index (χ0) is 80.4. The van der Waals surface area contributed by atoms with Crippen molar-refractivity contribution in [1.29, 1.82) is 0 Å². The van der Waals surface area contributed by atoms with Crippen molar-refractivity contribution in [3.05, 3.63) is 137 Å². The second kappa shape index (κ2) is 39.2. The standard InChI is InChI=1S/C17H26O2.3C16H24O2.C15H22O3.C15H22O2/c1-10-6-7-14(9-13(4)17(18)19-5)16-12(3)8-11(2)15(10)16;1-10-5-7-13(9-12(3)16(17)18-4)15-11(2)6-8-14(10)15;2*1-9-5-6-13(8-12(4)16(17)18)15-11(3)7-10(2)14(9)15;1-8-4-5-11(6-10(3)15(17)18)13-9(2)7-12(16)14(8)13;1-9-4-6-12(8-11(3)15(16)17)14-10(2)5-7-13(9)14/h9-11,14-15H,6-8H2,1-5H3;9-10,13-14H,5-8H2,1-4H3;2*8-10,13-14H,5-7H2,1-4H3,(H,17,18);6,8,11-12,14,16H,4-5,7H2,1-3H3,(H,17,18);8-9,12-13H,4-7H2,1-3H3,(H,16,17)/b13-9+;12-9+;2*12-8+;10-6+;11-8+/t10?,11?,14-,15?;10?,13-,14?;9?,10?,13-,14?;9?,10-,13-,14?;8?,11-,12?,14?;9?,12-,13?/m000000/s1. The highest BCUT2D eigenvalue weighted by Crippen LogP contribution is 2.56. The van der Waals surface area contributed by atoms with Gasteiger partial charge in [0.15, 0.2) is 0 Å². The lowest BCUT2D eigenvalue weighted by atomic mass is 9.69. The maximum atomic E-state index is 11.6. The summed E-state index contributed by atoms with van der Waals surface area (Å²) in [5.41, 5.74) is 21.5. The van der Waals surface area contributed by atoms with Gasteiger partial charge in [0.2, 0.25) is 0 Å². The molecule has 6 fully saturated rings. The zero-order valence-corrected chi connectivity index (χ0v) is 70.8. The number of carbonyl (C=O) groups is 6. The summed E-state index contributed by atoms with van der Waals surface area (Å²) in [5.74, 6) is 9.06. The fourth-order valence-corrected chi connectivity index (χ4v) is 23.2. The predicted molar refractivity (Wildman–Crippen MR) is 436 cm³/mol. The molecule has 6 saturated carbocycles. The summed E-state index contributed by atoms with van der Waals surface area (Å²) in [6, 6.07) is 0. The van der Waals surface area contributed by atoms with Crippen molar-refractivity contribution in [3.63, 3.8) is 0 Å². The summed E-state index contributed by atoms with van der Waals surface area (Å²) in [6.45, 7) is 44.9. The number of aliphatic hydroxyl groups excluding tert-OH is 1. The van der Waals surface area contributed by atoms with Crippen LogP contribution in [0, 0.1) is 124 Å². The molecule has 0 heterocycles. The van der Waals surface area contributed by atoms with E-state index in [2.05, 4.69) is 116 Å². The van der Waals surface area contributed by atoms with E-state index in [1.165, 1.54) is 132 Å². The Balaban J connectivity index is 0.000000181. The minimum absolute atomic E-state index is 0.193. The fourth-order valence-electron chi connectivity index (χ4n) is 23.2. The predicted octanol–water partition coefficient (Wildman–Crippen LogP) is 22.6. The van der Waals surface area contributed by atoms with Gasteiger partial charge in [-0.2, -0.15) is 0 Å². The van der Waals surface area contributed by atoms with Crippen molar-refractivity contribution in [2.24, 2.45) is 124 Å². The van der Waals surface area contributed by atoms with Crippen LogP contribution in [0.25, 0.3) is 0 Å². The van der Waals surface area contributed by atoms with Gasteiger partial charge in [-0.1, -0.05) is 166 Å². The van der Waals surface area contributed by atoms with Gasteiger partial charge < -0.3 is 35.0 Å². The van der Waals surface area contributed by atoms with E-state index < -0.39 is 23.9 Å².